The van der Waals surface area contributed by atoms with E-state index in [-0.39, 0.29) is 17.7 Å². The van der Waals surface area contributed by atoms with Crippen LogP contribution in [-0.2, 0) is 20.7 Å². The molecule has 1 atom stereocenters. The van der Waals surface area contributed by atoms with Gasteiger partial charge in [0.25, 0.3) is 0 Å². The number of para-hydroxylation sites is 1. The second-order valence-corrected chi connectivity index (χ2v) is 6.62. The van der Waals surface area contributed by atoms with Crippen LogP contribution in [0.15, 0.2) is 24.3 Å². The highest BCUT2D eigenvalue weighted by atomic mass is 16.5. The first-order valence-electron chi connectivity index (χ1n) is 8.95. The van der Waals surface area contributed by atoms with E-state index < -0.39 is 0 Å². The van der Waals surface area contributed by atoms with Crippen LogP contribution in [0.5, 0.6) is 0 Å². The minimum atomic E-state index is -0.107. The Morgan fingerprint density at radius 1 is 1.29 bits per heavy atom. The van der Waals surface area contributed by atoms with E-state index in [1.54, 1.807) is 0 Å². The molecule has 2 heterocycles. The van der Waals surface area contributed by atoms with E-state index in [0.29, 0.717) is 18.9 Å². The number of rotatable bonds is 5. The lowest BCUT2D eigenvalue weighted by atomic mass is 9.89. The third-order valence-electron chi connectivity index (χ3n) is 5.02. The molecule has 0 saturated carbocycles. The highest BCUT2D eigenvalue weighted by Gasteiger charge is 2.28. The molecular weight excluding hydrogens is 304 g/mol. The van der Waals surface area contributed by atoms with Gasteiger partial charge in [0.15, 0.2) is 0 Å². The number of nitrogens with one attached hydrogen (secondary N) is 1. The molecule has 3 rings (SSSR count). The minimum absolute atomic E-state index is 0.0385. The van der Waals surface area contributed by atoms with E-state index >= 15 is 0 Å². The molecule has 0 radical (unpaired) electrons. The number of hydrogen-bond donors (Lipinski definition) is 1. The Morgan fingerprint density at radius 2 is 2.04 bits per heavy atom. The first-order chi connectivity index (χ1) is 11.7. The number of benzene rings is 1. The molecule has 24 heavy (non-hydrogen) atoms. The average molecular weight is 330 g/mol. The van der Waals surface area contributed by atoms with Crippen LogP contribution in [0, 0.1) is 5.92 Å². The van der Waals surface area contributed by atoms with Crippen molar-refractivity contribution in [1.82, 2.24) is 4.90 Å². The summed E-state index contributed by atoms with van der Waals surface area (Å²) in [5.74, 6) is 0.0953. The van der Waals surface area contributed by atoms with Crippen LogP contribution in [0.25, 0.3) is 0 Å². The Labute approximate surface area is 143 Å². The highest BCUT2D eigenvalue weighted by molar-refractivity contribution is 5.96. The second-order valence-electron chi connectivity index (χ2n) is 6.62. The van der Waals surface area contributed by atoms with E-state index in [1.807, 2.05) is 36.1 Å². The van der Waals surface area contributed by atoms with Crippen LogP contribution in [0.4, 0.5) is 5.69 Å². The smallest absolute Gasteiger partial charge is 0.227 e. The SMILES string of the molecule is CCOC1CCN(C(=O)CCC2Cc3ccccc3NC2=O)CC1. The third-order valence-corrected chi connectivity index (χ3v) is 5.02. The number of anilines is 1. The molecule has 5 heteroatoms. The number of hydrogen-bond acceptors (Lipinski definition) is 3. The van der Waals surface area contributed by atoms with Gasteiger partial charge in [0.1, 0.15) is 0 Å². The molecule has 2 aliphatic heterocycles. The van der Waals surface area contributed by atoms with Crippen molar-refractivity contribution in [2.45, 2.75) is 45.1 Å². The molecule has 1 unspecified atom stereocenters. The summed E-state index contributed by atoms with van der Waals surface area (Å²) < 4.78 is 5.62. The maximum absolute atomic E-state index is 12.4. The molecule has 0 bridgehead atoms. The Balaban J connectivity index is 1.48. The predicted octanol–water partition coefficient (Wildman–Crippen LogP) is 2.61. The van der Waals surface area contributed by atoms with Crippen molar-refractivity contribution in [1.29, 1.82) is 0 Å². The molecule has 0 aromatic heterocycles. The van der Waals surface area contributed by atoms with Crippen LogP contribution in [-0.4, -0.2) is 42.5 Å². The molecule has 2 aliphatic rings. The Bertz CT molecular complexity index is 594. The lowest BCUT2D eigenvalue weighted by Gasteiger charge is -2.32. The van der Waals surface area contributed by atoms with Crippen molar-refractivity contribution in [3.05, 3.63) is 29.8 Å². The van der Waals surface area contributed by atoms with Gasteiger partial charge in [-0.15, -0.1) is 0 Å². The first-order valence-corrected chi connectivity index (χ1v) is 8.95. The number of fused-ring (bicyclic) bond motifs is 1. The Morgan fingerprint density at radius 3 is 2.79 bits per heavy atom. The fourth-order valence-corrected chi connectivity index (χ4v) is 3.61. The van der Waals surface area contributed by atoms with Gasteiger partial charge in [-0.25, -0.2) is 0 Å². The number of amides is 2. The summed E-state index contributed by atoms with van der Waals surface area (Å²) in [6.07, 6.45) is 3.90. The fourth-order valence-electron chi connectivity index (χ4n) is 3.61. The van der Waals surface area contributed by atoms with E-state index in [9.17, 15) is 9.59 Å². The molecular formula is C19H26N2O3. The van der Waals surface area contributed by atoms with Gasteiger partial charge in [-0.1, -0.05) is 18.2 Å². The number of carbonyl (C=O) groups excluding carboxylic acids is 2. The number of carbonyl (C=O) groups is 2. The topological polar surface area (TPSA) is 58.6 Å². The molecule has 1 N–H and O–H groups in total. The van der Waals surface area contributed by atoms with Gasteiger partial charge >= 0.3 is 0 Å². The van der Waals surface area contributed by atoms with Crippen LogP contribution < -0.4 is 5.32 Å². The molecule has 5 nitrogen and oxygen atoms in total. The van der Waals surface area contributed by atoms with Crippen molar-refractivity contribution >= 4 is 17.5 Å². The monoisotopic (exact) mass is 330 g/mol. The Kier molecular flexibility index (Phi) is 5.51. The summed E-state index contributed by atoms with van der Waals surface area (Å²) in [5.41, 5.74) is 2.06. The van der Waals surface area contributed by atoms with Gasteiger partial charge in [0.05, 0.1) is 6.10 Å². The predicted molar refractivity (Wildman–Crippen MR) is 92.7 cm³/mol. The average Bonchev–Trinajstić information content (AvgIpc) is 2.60. The lowest BCUT2D eigenvalue weighted by Crippen LogP contribution is -2.41. The summed E-state index contributed by atoms with van der Waals surface area (Å²) >= 11 is 0. The zero-order chi connectivity index (χ0) is 16.9. The van der Waals surface area contributed by atoms with Crippen molar-refractivity contribution in [2.24, 2.45) is 5.92 Å². The van der Waals surface area contributed by atoms with Crippen molar-refractivity contribution in [3.8, 4) is 0 Å². The quantitative estimate of drug-likeness (QED) is 0.903. The molecule has 1 aromatic carbocycles. The van der Waals surface area contributed by atoms with E-state index in [1.165, 1.54) is 0 Å². The maximum Gasteiger partial charge on any atom is 0.227 e. The fraction of sp³-hybridized carbons (Fsp3) is 0.579. The summed E-state index contributed by atoms with van der Waals surface area (Å²) in [4.78, 5) is 26.5. The lowest BCUT2D eigenvalue weighted by molar-refractivity contribution is -0.134. The van der Waals surface area contributed by atoms with Gasteiger partial charge in [-0.05, 0) is 44.2 Å². The van der Waals surface area contributed by atoms with Gasteiger partial charge in [-0.2, -0.15) is 0 Å². The minimum Gasteiger partial charge on any atom is -0.378 e. The molecule has 1 aromatic rings. The van der Waals surface area contributed by atoms with Crippen LogP contribution in [0.1, 0.15) is 38.2 Å². The zero-order valence-corrected chi connectivity index (χ0v) is 14.3. The number of ether oxygens (including phenoxy) is 1. The normalized spacial score (nSPS) is 21.3. The molecule has 0 spiro atoms. The largest absolute Gasteiger partial charge is 0.378 e. The van der Waals surface area contributed by atoms with Gasteiger partial charge in [-0.3, -0.25) is 9.59 Å². The van der Waals surface area contributed by atoms with Crippen LogP contribution in [0.3, 0.4) is 0 Å². The number of nitrogens with zero attached hydrogens (tertiary/aromatic N) is 1. The molecule has 130 valence electrons. The van der Waals surface area contributed by atoms with Crippen molar-refractivity contribution < 1.29 is 14.3 Å². The molecule has 2 amide bonds. The zero-order valence-electron chi connectivity index (χ0n) is 14.3. The third kappa shape index (κ3) is 3.96. The van der Waals surface area contributed by atoms with Crippen molar-refractivity contribution in [3.63, 3.8) is 0 Å². The molecule has 1 fully saturated rings. The number of likely N-dealkylation sites (tertiary alicyclic amines) is 1. The van der Waals surface area contributed by atoms with Gasteiger partial charge < -0.3 is 15.0 Å². The standard InChI is InChI=1S/C19H26N2O3/c1-2-24-16-9-11-21(12-10-16)18(22)8-7-15-13-14-5-3-4-6-17(14)20-19(15)23/h3-6,15-16H,2,7-13H2,1H3,(H,20,23). The van der Waals surface area contributed by atoms with Gasteiger partial charge in [0, 0.05) is 37.7 Å². The summed E-state index contributed by atoms with van der Waals surface area (Å²) in [6, 6.07) is 7.88. The summed E-state index contributed by atoms with van der Waals surface area (Å²) in [6.45, 7) is 4.27. The van der Waals surface area contributed by atoms with Crippen LogP contribution in [0.2, 0.25) is 0 Å². The first kappa shape index (κ1) is 17.0. The summed E-state index contributed by atoms with van der Waals surface area (Å²) in [7, 11) is 0. The van der Waals surface area contributed by atoms with E-state index in [2.05, 4.69) is 5.32 Å². The van der Waals surface area contributed by atoms with Crippen molar-refractivity contribution in [2.75, 3.05) is 25.0 Å². The van der Waals surface area contributed by atoms with E-state index in [4.69, 9.17) is 4.74 Å². The van der Waals surface area contributed by atoms with Crippen LogP contribution >= 0.6 is 0 Å². The van der Waals surface area contributed by atoms with Gasteiger partial charge in [0.2, 0.25) is 11.8 Å². The molecule has 0 aliphatic carbocycles. The molecule has 1 saturated heterocycles. The van der Waals surface area contributed by atoms with E-state index in [0.717, 1.165) is 50.2 Å². The Hall–Kier alpha value is -1.88. The maximum atomic E-state index is 12.4. The second kappa shape index (κ2) is 7.79. The number of piperidine rings is 1. The highest BCUT2D eigenvalue weighted by Crippen LogP contribution is 2.28. The summed E-state index contributed by atoms with van der Waals surface area (Å²) in [5, 5.41) is 2.95.